The summed E-state index contributed by atoms with van der Waals surface area (Å²) in [5.74, 6) is 1.75. The number of rotatable bonds is 2. The van der Waals surface area contributed by atoms with Crippen LogP contribution in [0.15, 0.2) is 4.99 Å². The monoisotopic (exact) mass is 140 g/mol. The molecular weight excluding hydrogens is 124 g/mol. The molecule has 58 valence electrons. The van der Waals surface area contributed by atoms with Gasteiger partial charge in [0.25, 0.3) is 0 Å². The smallest absolute Gasteiger partial charge is 0.0992 e. The van der Waals surface area contributed by atoms with Crippen LogP contribution in [0.5, 0.6) is 0 Å². The maximum atomic E-state index is 4.39. The third kappa shape index (κ3) is 1.49. The molecule has 2 nitrogen and oxygen atoms in total. The van der Waals surface area contributed by atoms with Crippen molar-refractivity contribution in [2.75, 3.05) is 6.54 Å². The number of amidine groups is 1. The highest BCUT2D eigenvalue weighted by molar-refractivity contribution is 5.85. The van der Waals surface area contributed by atoms with E-state index in [9.17, 15) is 0 Å². The molecule has 1 N–H and O–H groups in total. The van der Waals surface area contributed by atoms with Crippen molar-refractivity contribution in [3.63, 3.8) is 0 Å². The maximum absolute atomic E-state index is 4.39. The minimum atomic E-state index is 0.566. The van der Waals surface area contributed by atoms with Crippen LogP contribution in [0.4, 0.5) is 0 Å². The molecule has 0 aromatic rings. The van der Waals surface area contributed by atoms with Crippen molar-refractivity contribution in [3.8, 4) is 0 Å². The second-order valence-corrected chi connectivity index (χ2v) is 3.13. The van der Waals surface area contributed by atoms with Gasteiger partial charge >= 0.3 is 0 Å². The first kappa shape index (κ1) is 7.58. The number of nitrogens with zero attached hydrogens (tertiary/aromatic N) is 1. The van der Waals surface area contributed by atoms with Crippen LogP contribution in [0, 0.1) is 5.92 Å². The second kappa shape index (κ2) is 3.04. The predicted molar refractivity (Wildman–Crippen MR) is 44.4 cm³/mol. The molecule has 0 bridgehead atoms. The zero-order chi connectivity index (χ0) is 7.56. The molecule has 0 saturated carbocycles. The van der Waals surface area contributed by atoms with Crippen molar-refractivity contribution in [1.82, 2.24) is 5.32 Å². The summed E-state index contributed by atoms with van der Waals surface area (Å²) in [6.07, 6.45) is 1.18. The van der Waals surface area contributed by atoms with E-state index in [2.05, 4.69) is 31.1 Å². The molecule has 0 amide bonds. The highest BCUT2D eigenvalue weighted by Crippen LogP contribution is 2.05. The second-order valence-electron chi connectivity index (χ2n) is 3.13. The van der Waals surface area contributed by atoms with Crippen molar-refractivity contribution in [3.05, 3.63) is 0 Å². The molecule has 10 heavy (non-hydrogen) atoms. The Hall–Kier alpha value is -0.530. The summed E-state index contributed by atoms with van der Waals surface area (Å²) in [5.41, 5.74) is 0. The standard InChI is InChI=1S/C8H16N2/c1-4-7-5-9-8(10-7)6(2)3/h6-7H,4-5H2,1-3H3,(H,9,10)/t7-/m0/s1. The molecule has 0 aliphatic carbocycles. The minimum Gasteiger partial charge on any atom is -0.369 e. The molecule has 0 unspecified atom stereocenters. The lowest BCUT2D eigenvalue weighted by Gasteiger charge is -2.10. The van der Waals surface area contributed by atoms with Crippen molar-refractivity contribution >= 4 is 5.84 Å². The lowest BCUT2D eigenvalue weighted by Crippen LogP contribution is -2.31. The summed E-state index contributed by atoms with van der Waals surface area (Å²) >= 11 is 0. The Morgan fingerprint density at radius 1 is 1.70 bits per heavy atom. The fourth-order valence-corrected chi connectivity index (χ4v) is 1.09. The van der Waals surface area contributed by atoms with Gasteiger partial charge in [0.15, 0.2) is 0 Å². The molecule has 1 aliphatic heterocycles. The summed E-state index contributed by atoms with van der Waals surface area (Å²) < 4.78 is 0. The highest BCUT2D eigenvalue weighted by Gasteiger charge is 2.16. The molecule has 1 rings (SSSR count). The van der Waals surface area contributed by atoms with Crippen LogP contribution in [0.1, 0.15) is 27.2 Å². The van der Waals surface area contributed by atoms with Crippen LogP contribution < -0.4 is 5.32 Å². The van der Waals surface area contributed by atoms with Crippen LogP contribution in [-0.4, -0.2) is 18.4 Å². The largest absolute Gasteiger partial charge is 0.369 e. The van der Waals surface area contributed by atoms with Crippen LogP contribution in [0.25, 0.3) is 0 Å². The van der Waals surface area contributed by atoms with Crippen LogP contribution in [0.3, 0.4) is 0 Å². The van der Waals surface area contributed by atoms with E-state index in [4.69, 9.17) is 0 Å². The Kier molecular flexibility index (Phi) is 2.30. The molecule has 0 aromatic heterocycles. The van der Waals surface area contributed by atoms with E-state index < -0.39 is 0 Å². The summed E-state index contributed by atoms with van der Waals surface area (Å²) in [6, 6.07) is 0.609. The van der Waals surface area contributed by atoms with Gasteiger partial charge in [-0.1, -0.05) is 20.8 Å². The van der Waals surface area contributed by atoms with Gasteiger partial charge in [-0.15, -0.1) is 0 Å². The molecule has 0 saturated heterocycles. The molecular formula is C8H16N2. The SMILES string of the molecule is CC[C@H]1CN=C(C(C)C)N1. The van der Waals surface area contributed by atoms with E-state index in [-0.39, 0.29) is 0 Å². The van der Waals surface area contributed by atoms with Crippen molar-refractivity contribution in [2.24, 2.45) is 10.9 Å². The molecule has 0 aromatic carbocycles. The van der Waals surface area contributed by atoms with Gasteiger partial charge in [0.2, 0.25) is 0 Å². The van der Waals surface area contributed by atoms with Crippen LogP contribution in [0.2, 0.25) is 0 Å². The van der Waals surface area contributed by atoms with Crippen molar-refractivity contribution < 1.29 is 0 Å². The van der Waals surface area contributed by atoms with Gasteiger partial charge in [0.05, 0.1) is 12.4 Å². The normalized spacial score (nSPS) is 24.8. The first-order valence-electron chi connectivity index (χ1n) is 4.05. The number of aliphatic imine (C=N–C) groups is 1. The number of hydrogen-bond donors (Lipinski definition) is 1. The van der Waals surface area contributed by atoms with Crippen molar-refractivity contribution in [2.45, 2.75) is 33.2 Å². The van der Waals surface area contributed by atoms with Crippen LogP contribution >= 0.6 is 0 Å². The Labute approximate surface area is 62.7 Å². The third-order valence-corrected chi connectivity index (χ3v) is 1.87. The van der Waals surface area contributed by atoms with Gasteiger partial charge in [-0.05, 0) is 6.42 Å². The van der Waals surface area contributed by atoms with E-state index in [1.165, 1.54) is 12.3 Å². The molecule has 1 aliphatic rings. The molecule has 0 spiro atoms. The van der Waals surface area contributed by atoms with E-state index >= 15 is 0 Å². The van der Waals surface area contributed by atoms with Gasteiger partial charge in [-0.25, -0.2) is 0 Å². The average Bonchev–Trinajstić information content (AvgIpc) is 2.34. The fraction of sp³-hybridized carbons (Fsp3) is 0.875. The van der Waals surface area contributed by atoms with Gasteiger partial charge in [-0.2, -0.15) is 0 Å². The molecule has 0 fully saturated rings. The van der Waals surface area contributed by atoms with Crippen molar-refractivity contribution in [1.29, 1.82) is 0 Å². The number of nitrogens with one attached hydrogen (secondary N) is 1. The lowest BCUT2D eigenvalue weighted by atomic mass is 10.2. The van der Waals surface area contributed by atoms with Gasteiger partial charge in [-0.3, -0.25) is 4.99 Å². The van der Waals surface area contributed by atoms with E-state index in [0.29, 0.717) is 12.0 Å². The third-order valence-electron chi connectivity index (χ3n) is 1.87. The summed E-state index contributed by atoms with van der Waals surface area (Å²) in [5, 5.41) is 3.39. The molecule has 0 radical (unpaired) electrons. The Bertz CT molecular complexity index is 138. The highest BCUT2D eigenvalue weighted by atomic mass is 15.1. The Balaban J connectivity index is 2.39. The molecule has 1 atom stereocenters. The minimum absolute atomic E-state index is 0.566. The molecule has 1 heterocycles. The zero-order valence-corrected chi connectivity index (χ0v) is 7.02. The summed E-state index contributed by atoms with van der Waals surface area (Å²) in [4.78, 5) is 4.39. The fourth-order valence-electron chi connectivity index (χ4n) is 1.09. The molecule has 2 heteroatoms. The first-order valence-corrected chi connectivity index (χ1v) is 4.05. The van der Waals surface area contributed by atoms with E-state index in [1.54, 1.807) is 0 Å². The van der Waals surface area contributed by atoms with Gasteiger partial charge in [0, 0.05) is 12.0 Å². The summed E-state index contributed by atoms with van der Waals surface area (Å²) in [7, 11) is 0. The average molecular weight is 140 g/mol. The van der Waals surface area contributed by atoms with Gasteiger partial charge < -0.3 is 5.32 Å². The predicted octanol–water partition coefficient (Wildman–Crippen LogP) is 1.42. The Morgan fingerprint density at radius 2 is 2.40 bits per heavy atom. The lowest BCUT2D eigenvalue weighted by molar-refractivity contribution is 0.627. The van der Waals surface area contributed by atoms with E-state index in [0.717, 1.165) is 6.54 Å². The summed E-state index contributed by atoms with van der Waals surface area (Å²) in [6.45, 7) is 7.51. The topological polar surface area (TPSA) is 24.4 Å². The van der Waals surface area contributed by atoms with Crippen LogP contribution in [-0.2, 0) is 0 Å². The maximum Gasteiger partial charge on any atom is 0.0992 e. The number of hydrogen-bond acceptors (Lipinski definition) is 2. The first-order chi connectivity index (χ1) is 4.74. The Morgan fingerprint density at radius 3 is 2.70 bits per heavy atom. The van der Waals surface area contributed by atoms with E-state index in [1.807, 2.05) is 0 Å². The zero-order valence-electron chi connectivity index (χ0n) is 7.02. The van der Waals surface area contributed by atoms with Gasteiger partial charge in [0.1, 0.15) is 0 Å². The quantitative estimate of drug-likeness (QED) is 0.616.